The fraction of sp³-hybridized carbons (Fsp3) is 0.818. The third kappa shape index (κ3) is 3.02. The van der Waals surface area contributed by atoms with E-state index in [1.165, 1.54) is 6.33 Å². The highest BCUT2D eigenvalue weighted by atomic mass is 19.3. The standard InChI is InChI=1S/C11H19F2N5/c1-18-10(15-7-16-18)6-9(17-14)8-2-4-11(12,13)5-3-8/h7-9,17H,2-6,14H2,1H3. The van der Waals surface area contributed by atoms with Crippen LogP contribution in [-0.2, 0) is 13.5 Å². The SMILES string of the molecule is Cn1ncnc1CC(NN)C1CCC(F)(F)CC1. The Morgan fingerprint density at radius 2 is 2.22 bits per heavy atom. The van der Waals surface area contributed by atoms with E-state index in [2.05, 4.69) is 15.5 Å². The van der Waals surface area contributed by atoms with Crippen molar-refractivity contribution >= 4 is 0 Å². The minimum atomic E-state index is -2.50. The number of aryl methyl sites for hydroxylation is 1. The quantitative estimate of drug-likeness (QED) is 0.625. The zero-order chi connectivity index (χ0) is 13.2. The smallest absolute Gasteiger partial charge is 0.248 e. The van der Waals surface area contributed by atoms with Crippen LogP contribution in [0.5, 0.6) is 0 Å². The van der Waals surface area contributed by atoms with E-state index in [1.54, 1.807) is 4.68 Å². The topological polar surface area (TPSA) is 68.8 Å². The lowest BCUT2D eigenvalue weighted by molar-refractivity contribution is -0.0496. The summed E-state index contributed by atoms with van der Waals surface area (Å²) in [4.78, 5) is 4.14. The first-order valence-electron chi connectivity index (χ1n) is 6.18. The maximum atomic E-state index is 13.1. The van der Waals surface area contributed by atoms with E-state index in [-0.39, 0.29) is 24.8 Å². The number of nitrogens with two attached hydrogens (primary N) is 1. The van der Waals surface area contributed by atoms with E-state index in [0.717, 1.165) is 5.82 Å². The van der Waals surface area contributed by atoms with Gasteiger partial charge in [-0.15, -0.1) is 0 Å². The molecule has 1 unspecified atom stereocenters. The highest BCUT2D eigenvalue weighted by Crippen LogP contribution is 2.37. The van der Waals surface area contributed by atoms with Gasteiger partial charge in [0.2, 0.25) is 5.92 Å². The summed E-state index contributed by atoms with van der Waals surface area (Å²) >= 11 is 0. The van der Waals surface area contributed by atoms with Gasteiger partial charge in [-0.25, -0.2) is 13.8 Å². The van der Waals surface area contributed by atoms with Crippen LogP contribution in [0.2, 0.25) is 0 Å². The molecule has 2 rings (SSSR count). The van der Waals surface area contributed by atoms with Crippen molar-refractivity contribution in [3.8, 4) is 0 Å². The van der Waals surface area contributed by atoms with E-state index in [1.807, 2.05) is 7.05 Å². The average molecular weight is 259 g/mol. The van der Waals surface area contributed by atoms with Gasteiger partial charge < -0.3 is 0 Å². The molecule has 1 fully saturated rings. The first kappa shape index (κ1) is 13.4. The van der Waals surface area contributed by atoms with E-state index in [0.29, 0.717) is 19.3 Å². The molecule has 3 N–H and O–H groups in total. The van der Waals surface area contributed by atoms with Crippen LogP contribution in [0.15, 0.2) is 6.33 Å². The molecule has 0 spiro atoms. The number of nitrogens with zero attached hydrogens (tertiary/aromatic N) is 3. The Morgan fingerprint density at radius 1 is 1.56 bits per heavy atom. The normalized spacial score (nSPS) is 22.0. The molecule has 7 heteroatoms. The Labute approximate surface area is 105 Å². The van der Waals surface area contributed by atoms with Crippen molar-refractivity contribution in [3.05, 3.63) is 12.2 Å². The van der Waals surface area contributed by atoms with Crippen LogP contribution in [0.1, 0.15) is 31.5 Å². The Kier molecular flexibility index (Phi) is 3.91. The van der Waals surface area contributed by atoms with Crippen LogP contribution in [0.3, 0.4) is 0 Å². The largest absolute Gasteiger partial charge is 0.271 e. The number of aromatic nitrogens is 3. The first-order valence-corrected chi connectivity index (χ1v) is 6.18. The number of hydrogen-bond acceptors (Lipinski definition) is 4. The molecule has 1 saturated carbocycles. The second kappa shape index (κ2) is 5.27. The summed E-state index contributed by atoms with van der Waals surface area (Å²) in [6.45, 7) is 0. The summed E-state index contributed by atoms with van der Waals surface area (Å²) in [5.41, 5.74) is 2.74. The molecule has 5 nitrogen and oxygen atoms in total. The van der Waals surface area contributed by atoms with Gasteiger partial charge in [0.05, 0.1) is 0 Å². The summed E-state index contributed by atoms with van der Waals surface area (Å²) in [7, 11) is 1.81. The highest BCUT2D eigenvalue weighted by Gasteiger charge is 2.37. The van der Waals surface area contributed by atoms with Gasteiger partial charge in [0.1, 0.15) is 12.2 Å². The minimum absolute atomic E-state index is 0.0241. The number of rotatable bonds is 4. The average Bonchev–Trinajstić information content (AvgIpc) is 2.72. The van der Waals surface area contributed by atoms with Crippen molar-refractivity contribution < 1.29 is 8.78 Å². The number of nitrogens with one attached hydrogen (secondary N) is 1. The molecule has 1 heterocycles. The van der Waals surface area contributed by atoms with Crippen LogP contribution in [0.4, 0.5) is 8.78 Å². The van der Waals surface area contributed by atoms with E-state index < -0.39 is 5.92 Å². The maximum absolute atomic E-state index is 13.1. The van der Waals surface area contributed by atoms with E-state index in [9.17, 15) is 8.78 Å². The van der Waals surface area contributed by atoms with Crippen LogP contribution >= 0.6 is 0 Å². The van der Waals surface area contributed by atoms with E-state index >= 15 is 0 Å². The van der Waals surface area contributed by atoms with Gasteiger partial charge in [-0.3, -0.25) is 16.0 Å². The van der Waals surface area contributed by atoms with Gasteiger partial charge in [-0.1, -0.05) is 0 Å². The van der Waals surface area contributed by atoms with Gasteiger partial charge in [0.15, 0.2) is 0 Å². The monoisotopic (exact) mass is 259 g/mol. The van der Waals surface area contributed by atoms with Gasteiger partial charge in [0, 0.05) is 32.4 Å². The molecular weight excluding hydrogens is 240 g/mol. The summed E-state index contributed by atoms with van der Waals surface area (Å²) in [5, 5.41) is 3.99. The highest BCUT2D eigenvalue weighted by molar-refractivity contribution is 4.93. The third-order valence-electron chi connectivity index (χ3n) is 3.75. The van der Waals surface area contributed by atoms with Gasteiger partial charge in [-0.05, 0) is 18.8 Å². The van der Waals surface area contributed by atoms with Gasteiger partial charge in [0.25, 0.3) is 0 Å². The fourth-order valence-electron chi connectivity index (χ4n) is 2.53. The van der Waals surface area contributed by atoms with Crippen LogP contribution < -0.4 is 11.3 Å². The number of hydrazine groups is 1. The molecule has 1 aliphatic carbocycles. The molecule has 0 aromatic carbocycles. The lowest BCUT2D eigenvalue weighted by atomic mass is 9.81. The van der Waals surface area contributed by atoms with Crippen molar-refractivity contribution in [1.82, 2.24) is 20.2 Å². The predicted molar refractivity (Wildman–Crippen MR) is 62.7 cm³/mol. The lowest BCUT2D eigenvalue weighted by Gasteiger charge is -2.33. The summed E-state index contributed by atoms with van der Waals surface area (Å²) in [6, 6.07) is -0.0241. The summed E-state index contributed by atoms with van der Waals surface area (Å²) in [5.74, 6) is 4.03. The molecule has 0 radical (unpaired) electrons. The maximum Gasteiger partial charge on any atom is 0.248 e. The molecular formula is C11H19F2N5. The van der Waals surface area contributed by atoms with Crippen LogP contribution in [0.25, 0.3) is 0 Å². The Morgan fingerprint density at radius 3 is 2.72 bits per heavy atom. The van der Waals surface area contributed by atoms with Crippen molar-refractivity contribution in [2.75, 3.05) is 0 Å². The molecule has 1 aromatic rings. The molecule has 0 bridgehead atoms. The molecule has 102 valence electrons. The van der Waals surface area contributed by atoms with Crippen molar-refractivity contribution in [2.45, 2.75) is 44.1 Å². The fourth-order valence-corrected chi connectivity index (χ4v) is 2.53. The van der Waals surface area contributed by atoms with Gasteiger partial charge >= 0.3 is 0 Å². The zero-order valence-corrected chi connectivity index (χ0v) is 10.4. The Bertz CT molecular complexity index is 383. The van der Waals surface area contributed by atoms with Crippen molar-refractivity contribution in [3.63, 3.8) is 0 Å². The van der Waals surface area contributed by atoms with Crippen molar-refractivity contribution in [2.24, 2.45) is 18.8 Å². The minimum Gasteiger partial charge on any atom is -0.271 e. The Balaban J connectivity index is 1.96. The lowest BCUT2D eigenvalue weighted by Crippen LogP contribution is -2.45. The molecule has 1 atom stereocenters. The van der Waals surface area contributed by atoms with Gasteiger partial charge in [-0.2, -0.15) is 5.10 Å². The molecule has 0 aliphatic heterocycles. The van der Waals surface area contributed by atoms with Crippen molar-refractivity contribution in [1.29, 1.82) is 0 Å². The second-order valence-corrected chi connectivity index (χ2v) is 4.97. The van der Waals surface area contributed by atoms with Crippen LogP contribution in [-0.4, -0.2) is 26.7 Å². The molecule has 0 amide bonds. The second-order valence-electron chi connectivity index (χ2n) is 4.97. The zero-order valence-electron chi connectivity index (χ0n) is 10.4. The third-order valence-corrected chi connectivity index (χ3v) is 3.75. The predicted octanol–water partition coefficient (Wildman–Crippen LogP) is 1.01. The van der Waals surface area contributed by atoms with Crippen LogP contribution in [0, 0.1) is 5.92 Å². The summed E-state index contributed by atoms with van der Waals surface area (Å²) < 4.78 is 27.9. The van der Waals surface area contributed by atoms with E-state index in [4.69, 9.17) is 5.84 Å². The molecule has 1 aliphatic rings. The number of halogens is 2. The number of alkyl halides is 2. The molecule has 18 heavy (non-hydrogen) atoms. The summed E-state index contributed by atoms with van der Waals surface area (Å²) in [6.07, 6.45) is 3.00. The Hall–Kier alpha value is -1.08. The molecule has 0 saturated heterocycles. The molecule has 1 aromatic heterocycles. The first-order chi connectivity index (χ1) is 8.52. The number of hydrogen-bond donors (Lipinski definition) is 2.